The molecule has 27 heavy (non-hydrogen) atoms. The number of carboxylic acids is 1. The lowest BCUT2D eigenvalue weighted by Gasteiger charge is -2.09. The van der Waals surface area contributed by atoms with E-state index in [1.54, 1.807) is 12.1 Å². The SMILES string of the molecule is O=C(O)CNC(=O)c1ccc(NC(=O)Cc2cccc3ccccc23)cc1. The normalized spacial score (nSPS) is 10.4. The van der Waals surface area contributed by atoms with E-state index in [1.807, 2.05) is 42.5 Å². The molecule has 0 aliphatic heterocycles. The molecular weight excluding hydrogens is 344 g/mol. The predicted molar refractivity (Wildman–Crippen MR) is 103 cm³/mol. The molecule has 0 bridgehead atoms. The Morgan fingerprint density at radius 3 is 2.30 bits per heavy atom. The van der Waals surface area contributed by atoms with E-state index < -0.39 is 18.4 Å². The minimum absolute atomic E-state index is 0.158. The fourth-order valence-electron chi connectivity index (χ4n) is 2.79. The number of benzene rings is 3. The molecule has 2 amide bonds. The standard InChI is InChI=1S/C21H18N2O4/c24-19(12-16-6-3-5-14-4-1-2-7-18(14)16)23-17-10-8-15(9-11-17)21(27)22-13-20(25)26/h1-11H,12-13H2,(H,22,27)(H,23,24)(H,25,26). The molecule has 0 saturated heterocycles. The summed E-state index contributed by atoms with van der Waals surface area (Å²) in [6.07, 6.45) is 0.238. The van der Waals surface area contributed by atoms with Crippen molar-refractivity contribution in [3.63, 3.8) is 0 Å². The molecule has 0 aromatic heterocycles. The van der Waals surface area contributed by atoms with Crippen LogP contribution in [0.5, 0.6) is 0 Å². The van der Waals surface area contributed by atoms with Gasteiger partial charge in [0, 0.05) is 11.3 Å². The molecule has 136 valence electrons. The number of anilines is 1. The number of amides is 2. The summed E-state index contributed by atoms with van der Waals surface area (Å²) in [4.78, 5) is 34.6. The van der Waals surface area contributed by atoms with Gasteiger partial charge in [-0.1, -0.05) is 42.5 Å². The first-order valence-electron chi connectivity index (χ1n) is 8.39. The van der Waals surface area contributed by atoms with Crippen LogP contribution in [0.1, 0.15) is 15.9 Å². The quantitative estimate of drug-likeness (QED) is 0.628. The van der Waals surface area contributed by atoms with Crippen LogP contribution in [-0.2, 0) is 16.0 Å². The average Bonchev–Trinajstić information content (AvgIpc) is 2.67. The van der Waals surface area contributed by atoms with Crippen molar-refractivity contribution in [3.8, 4) is 0 Å². The van der Waals surface area contributed by atoms with Crippen LogP contribution in [0.15, 0.2) is 66.7 Å². The van der Waals surface area contributed by atoms with Crippen LogP contribution in [-0.4, -0.2) is 29.4 Å². The molecule has 6 heteroatoms. The summed E-state index contributed by atoms with van der Waals surface area (Å²) in [7, 11) is 0. The van der Waals surface area contributed by atoms with Gasteiger partial charge in [0.1, 0.15) is 6.54 Å². The first kappa shape index (κ1) is 18.1. The summed E-state index contributed by atoms with van der Waals surface area (Å²) >= 11 is 0. The third-order valence-electron chi connectivity index (χ3n) is 4.06. The number of rotatable bonds is 6. The fraction of sp³-hybridized carbons (Fsp3) is 0.0952. The van der Waals surface area contributed by atoms with Crippen LogP contribution in [0.3, 0.4) is 0 Å². The number of hydrogen-bond acceptors (Lipinski definition) is 3. The van der Waals surface area contributed by atoms with Gasteiger partial charge < -0.3 is 15.7 Å². The maximum absolute atomic E-state index is 12.4. The lowest BCUT2D eigenvalue weighted by Crippen LogP contribution is -2.29. The van der Waals surface area contributed by atoms with Crippen LogP contribution in [0.2, 0.25) is 0 Å². The molecule has 3 N–H and O–H groups in total. The molecule has 6 nitrogen and oxygen atoms in total. The van der Waals surface area contributed by atoms with E-state index in [2.05, 4.69) is 10.6 Å². The van der Waals surface area contributed by atoms with E-state index in [-0.39, 0.29) is 12.3 Å². The van der Waals surface area contributed by atoms with Crippen molar-refractivity contribution in [2.24, 2.45) is 0 Å². The average molecular weight is 362 g/mol. The molecule has 0 fully saturated rings. The van der Waals surface area contributed by atoms with E-state index >= 15 is 0 Å². The second kappa shape index (κ2) is 8.14. The third kappa shape index (κ3) is 4.70. The molecule has 3 aromatic rings. The van der Waals surface area contributed by atoms with E-state index in [4.69, 9.17) is 5.11 Å². The van der Waals surface area contributed by atoms with Gasteiger partial charge in [0.15, 0.2) is 0 Å². The zero-order valence-corrected chi connectivity index (χ0v) is 14.4. The first-order chi connectivity index (χ1) is 13.0. The second-order valence-corrected chi connectivity index (χ2v) is 6.02. The fourth-order valence-corrected chi connectivity index (χ4v) is 2.79. The minimum atomic E-state index is -1.11. The van der Waals surface area contributed by atoms with Gasteiger partial charge in [-0.15, -0.1) is 0 Å². The monoisotopic (exact) mass is 362 g/mol. The van der Waals surface area contributed by atoms with E-state index in [9.17, 15) is 14.4 Å². The van der Waals surface area contributed by atoms with Crippen molar-refractivity contribution in [2.75, 3.05) is 11.9 Å². The van der Waals surface area contributed by atoms with Gasteiger partial charge in [0.2, 0.25) is 5.91 Å². The number of carboxylic acid groups (broad SMARTS) is 1. The van der Waals surface area contributed by atoms with Gasteiger partial charge in [-0.05, 0) is 40.6 Å². The Bertz CT molecular complexity index is 991. The highest BCUT2D eigenvalue weighted by Crippen LogP contribution is 2.19. The number of aliphatic carboxylic acids is 1. The highest BCUT2D eigenvalue weighted by Gasteiger charge is 2.09. The van der Waals surface area contributed by atoms with Crippen molar-refractivity contribution >= 4 is 34.2 Å². The molecule has 0 radical (unpaired) electrons. The largest absolute Gasteiger partial charge is 0.480 e. The smallest absolute Gasteiger partial charge is 0.322 e. The highest BCUT2D eigenvalue weighted by atomic mass is 16.4. The molecule has 0 unspecified atom stereocenters. The van der Waals surface area contributed by atoms with Gasteiger partial charge >= 0.3 is 5.97 Å². The zero-order chi connectivity index (χ0) is 19.2. The number of carbonyl (C=O) groups is 3. The Labute approximate surface area is 155 Å². The van der Waals surface area contributed by atoms with Crippen molar-refractivity contribution < 1.29 is 19.5 Å². The van der Waals surface area contributed by atoms with Crippen molar-refractivity contribution in [1.82, 2.24) is 5.32 Å². The maximum atomic E-state index is 12.4. The van der Waals surface area contributed by atoms with Gasteiger partial charge in [-0.2, -0.15) is 0 Å². The number of fused-ring (bicyclic) bond motifs is 1. The summed E-state index contributed by atoms with van der Waals surface area (Å²) < 4.78 is 0. The van der Waals surface area contributed by atoms with Crippen LogP contribution >= 0.6 is 0 Å². The summed E-state index contributed by atoms with van der Waals surface area (Å²) in [5, 5.41) is 15.8. The molecular formula is C21H18N2O4. The van der Waals surface area contributed by atoms with Gasteiger partial charge in [-0.25, -0.2) is 0 Å². The Morgan fingerprint density at radius 2 is 1.56 bits per heavy atom. The Hall–Kier alpha value is -3.67. The molecule has 0 heterocycles. The van der Waals surface area contributed by atoms with Crippen LogP contribution in [0.25, 0.3) is 10.8 Å². The lowest BCUT2D eigenvalue weighted by atomic mass is 10.0. The molecule has 0 atom stereocenters. The summed E-state index contributed by atoms with van der Waals surface area (Å²) in [5.74, 6) is -1.75. The Kier molecular flexibility index (Phi) is 5.47. The van der Waals surface area contributed by atoms with Crippen LogP contribution < -0.4 is 10.6 Å². The van der Waals surface area contributed by atoms with Crippen molar-refractivity contribution in [3.05, 3.63) is 77.9 Å². The number of carbonyl (C=O) groups excluding carboxylic acids is 2. The molecule has 0 spiro atoms. The van der Waals surface area contributed by atoms with Crippen molar-refractivity contribution in [2.45, 2.75) is 6.42 Å². The Morgan fingerprint density at radius 1 is 0.852 bits per heavy atom. The predicted octanol–water partition coefficient (Wildman–Crippen LogP) is 2.84. The summed E-state index contributed by atoms with van der Waals surface area (Å²) in [5.41, 5.74) is 1.83. The zero-order valence-electron chi connectivity index (χ0n) is 14.4. The highest BCUT2D eigenvalue weighted by molar-refractivity contribution is 5.98. The van der Waals surface area contributed by atoms with E-state index in [0.29, 0.717) is 11.3 Å². The number of hydrogen-bond donors (Lipinski definition) is 3. The molecule has 0 aliphatic rings. The van der Waals surface area contributed by atoms with Gasteiger partial charge in [-0.3, -0.25) is 14.4 Å². The number of nitrogens with one attached hydrogen (secondary N) is 2. The molecule has 0 saturated carbocycles. The van der Waals surface area contributed by atoms with E-state index in [0.717, 1.165) is 16.3 Å². The maximum Gasteiger partial charge on any atom is 0.322 e. The first-order valence-corrected chi connectivity index (χ1v) is 8.39. The Balaban J connectivity index is 1.64. The molecule has 3 aromatic carbocycles. The molecule has 3 rings (SSSR count). The third-order valence-corrected chi connectivity index (χ3v) is 4.06. The van der Waals surface area contributed by atoms with Crippen LogP contribution in [0, 0.1) is 0 Å². The van der Waals surface area contributed by atoms with Gasteiger partial charge in [0.25, 0.3) is 5.91 Å². The van der Waals surface area contributed by atoms with Crippen molar-refractivity contribution in [1.29, 1.82) is 0 Å². The second-order valence-electron chi connectivity index (χ2n) is 6.02. The lowest BCUT2D eigenvalue weighted by molar-refractivity contribution is -0.135. The summed E-state index contributed by atoms with van der Waals surface area (Å²) in [6, 6.07) is 20.0. The minimum Gasteiger partial charge on any atom is -0.480 e. The topological polar surface area (TPSA) is 95.5 Å². The van der Waals surface area contributed by atoms with Gasteiger partial charge in [0.05, 0.1) is 6.42 Å². The summed E-state index contributed by atoms with van der Waals surface area (Å²) in [6.45, 7) is -0.442. The van der Waals surface area contributed by atoms with E-state index in [1.165, 1.54) is 12.1 Å². The molecule has 0 aliphatic carbocycles. The van der Waals surface area contributed by atoms with Crippen LogP contribution in [0.4, 0.5) is 5.69 Å².